The number of rotatable bonds is 8. The SMILES string of the molecule is CCOc1cc(C(=O)N(C)C(C)c2cccc(Cl)c2)ccc1OCC(=O)O. The number of carbonyl (C=O) groups is 2. The molecule has 0 saturated carbocycles. The summed E-state index contributed by atoms with van der Waals surface area (Å²) in [6.45, 7) is 3.58. The van der Waals surface area contributed by atoms with Crippen molar-refractivity contribution in [1.29, 1.82) is 0 Å². The smallest absolute Gasteiger partial charge is 0.341 e. The molecule has 0 spiro atoms. The summed E-state index contributed by atoms with van der Waals surface area (Å²) in [4.78, 5) is 25.2. The second-order valence-electron chi connectivity index (χ2n) is 5.92. The number of hydrogen-bond acceptors (Lipinski definition) is 4. The molecule has 144 valence electrons. The normalized spacial score (nSPS) is 11.6. The first-order valence-corrected chi connectivity index (χ1v) is 8.85. The fourth-order valence-corrected chi connectivity index (χ4v) is 2.74. The number of hydrogen-bond donors (Lipinski definition) is 1. The lowest BCUT2D eigenvalue weighted by Gasteiger charge is -2.26. The zero-order chi connectivity index (χ0) is 20.0. The molecule has 0 fully saturated rings. The lowest BCUT2D eigenvalue weighted by atomic mass is 10.1. The number of aliphatic carboxylic acids is 1. The van der Waals surface area contributed by atoms with E-state index in [1.54, 1.807) is 43.1 Å². The van der Waals surface area contributed by atoms with Crippen LogP contribution in [0.15, 0.2) is 42.5 Å². The van der Waals surface area contributed by atoms with Gasteiger partial charge in [-0.3, -0.25) is 4.79 Å². The van der Waals surface area contributed by atoms with E-state index >= 15 is 0 Å². The maximum atomic E-state index is 12.9. The van der Waals surface area contributed by atoms with E-state index < -0.39 is 12.6 Å². The Balaban J connectivity index is 2.23. The molecule has 6 nitrogen and oxygen atoms in total. The summed E-state index contributed by atoms with van der Waals surface area (Å²) in [7, 11) is 1.71. The number of carboxylic acid groups (broad SMARTS) is 1. The third-order valence-electron chi connectivity index (χ3n) is 4.07. The Labute approximate surface area is 163 Å². The van der Waals surface area contributed by atoms with Crippen LogP contribution in [0.3, 0.4) is 0 Å². The highest BCUT2D eigenvalue weighted by Crippen LogP contribution is 2.30. The number of benzene rings is 2. The highest BCUT2D eigenvalue weighted by molar-refractivity contribution is 6.30. The predicted octanol–water partition coefficient (Wildman–Crippen LogP) is 4.04. The molecular weight excluding hydrogens is 370 g/mol. The lowest BCUT2D eigenvalue weighted by molar-refractivity contribution is -0.139. The quantitative estimate of drug-likeness (QED) is 0.735. The largest absolute Gasteiger partial charge is 0.490 e. The van der Waals surface area contributed by atoms with Gasteiger partial charge in [-0.25, -0.2) is 4.79 Å². The monoisotopic (exact) mass is 391 g/mol. The molecule has 27 heavy (non-hydrogen) atoms. The average Bonchev–Trinajstić information content (AvgIpc) is 2.65. The first kappa shape index (κ1) is 20.6. The van der Waals surface area contributed by atoms with E-state index in [1.807, 2.05) is 25.1 Å². The molecule has 0 heterocycles. The van der Waals surface area contributed by atoms with Gasteiger partial charge in [-0.15, -0.1) is 0 Å². The van der Waals surface area contributed by atoms with Crippen molar-refractivity contribution in [3.8, 4) is 11.5 Å². The Hall–Kier alpha value is -2.73. The van der Waals surface area contributed by atoms with Crippen LogP contribution in [0.5, 0.6) is 11.5 Å². The summed E-state index contributed by atoms with van der Waals surface area (Å²) < 4.78 is 10.7. The summed E-state index contributed by atoms with van der Waals surface area (Å²) in [5, 5.41) is 9.37. The molecule has 2 rings (SSSR count). The molecule has 0 aliphatic heterocycles. The minimum atomic E-state index is -1.09. The molecule has 0 saturated heterocycles. The Morgan fingerprint density at radius 2 is 1.89 bits per heavy atom. The summed E-state index contributed by atoms with van der Waals surface area (Å²) >= 11 is 6.04. The van der Waals surface area contributed by atoms with Crippen molar-refractivity contribution in [2.45, 2.75) is 19.9 Å². The molecule has 1 atom stereocenters. The molecule has 7 heteroatoms. The van der Waals surface area contributed by atoms with Crippen molar-refractivity contribution in [1.82, 2.24) is 4.90 Å². The molecule has 0 aliphatic carbocycles. The van der Waals surface area contributed by atoms with Crippen molar-refractivity contribution in [2.24, 2.45) is 0 Å². The average molecular weight is 392 g/mol. The fourth-order valence-electron chi connectivity index (χ4n) is 2.54. The van der Waals surface area contributed by atoms with Crippen LogP contribution < -0.4 is 9.47 Å². The Morgan fingerprint density at radius 1 is 1.15 bits per heavy atom. The summed E-state index contributed by atoms with van der Waals surface area (Å²) in [6.07, 6.45) is 0. The number of carbonyl (C=O) groups excluding carboxylic acids is 1. The van der Waals surface area contributed by atoms with Crippen LogP contribution in [0, 0.1) is 0 Å². The van der Waals surface area contributed by atoms with Crippen LogP contribution in [0.25, 0.3) is 0 Å². The van der Waals surface area contributed by atoms with Crippen LogP contribution in [0.4, 0.5) is 0 Å². The Kier molecular flexibility index (Phi) is 7.07. The molecule has 0 radical (unpaired) electrons. The molecule has 1 amide bonds. The van der Waals surface area contributed by atoms with E-state index in [0.717, 1.165) is 5.56 Å². The van der Waals surface area contributed by atoms with Gasteiger partial charge in [-0.1, -0.05) is 23.7 Å². The van der Waals surface area contributed by atoms with E-state index in [-0.39, 0.29) is 17.7 Å². The number of ether oxygens (including phenoxy) is 2. The van der Waals surface area contributed by atoms with Crippen LogP contribution >= 0.6 is 11.6 Å². The van der Waals surface area contributed by atoms with Gasteiger partial charge in [-0.2, -0.15) is 0 Å². The molecule has 0 aliphatic rings. The number of carboxylic acids is 1. The van der Waals surface area contributed by atoms with Crippen molar-refractivity contribution in [3.05, 3.63) is 58.6 Å². The topological polar surface area (TPSA) is 76.1 Å². The van der Waals surface area contributed by atoms with Gasteiger partial charge >= 0.3 is 5.97 Å². The zero-order valence-corrected chi connectivity index (χ0v) is 16.2. The van der Waals surface area contributed by atoms with Gasteiger partial charge < -0.3 is 19.5 Å². The number of nitrogens with zero attached hydrogens (tertiary/aromatic N) is 1. The van der Waals surface area contributed by atoms with Crippen molar-refractivity contribution in [2.75, 3.05) is 20.3 Å². The third-order valence-corrected chi connectivity index (χ3v) is 4.31. The molecule has 0 aromatic heterocycles. The van der Waals surface area contributed by atoms with Crippen LogP contribution in [0.2, 0.25) is 5.02 Å². The van der Waals surface area contributed by atoms with Crippen molar-refractivity contribution >= 4 is 23.5 Å². The first-order valence-electron chi connectivity index (χ1n) is 8.47. The van der Waals surface area contributed by atoms with Gasteiger partial charge in [0.05, 0.1) is 12.6 Å². The second-order valence-corrected chi connectivity index (χ2v) is 6.36. The summed E-state index contributed by atoms with van der Waals surface area (Å²) in [6, 6.07) is 11.9. The van der Waals surface area contributed by atoms with E-state index in [4.69, 9.17) is 26.2 Å². The van der Waals surface area contributed by atoms with E-state index in [2.05, 4.69) is 0 Å². The highest BCUT2D eigenvalue weighted by atomic mass is 35.5. The number of halogens is 1. The van der Waals surface area contributed by atoms with Crippen LogP contribution in [-0.2, 0) is 4.79 Å². The predicted molar refractivity (Wildman–Crippen MR) is 103 cm³/mol. The molecule has 1 N–H and O–H groups in total. The minimum Gasteiger partial charge on any atom is -0.490 e. The Morgan fingerprint density at radius 3 is 2.52 bits per heavy atom. The second kappa shape index (κ2) is 9.28. The highest BCUT2D eigenvalue weighted by Gasteiger charge is 2.21. The fraction of sp³-hybridized carbons (Fsp3) is 0.300. The maximum Gasteiger partial charge on any atom is 0.341 e. The van der Waals surface area contributed by atoms with Gasteiger partial charge in [0.25, 0.3) is 5.91 Å². The van der Waals surface area contributed by atoms with E-state index in [9.17, 15) is 9.59 Å². The summed E-state index contributed by atoms with van der Waals surface area (Å²) in [5.74, 6) is -0.685. The number of amides is 1. The standard InChI is InChI=1S/C20H22ClNO5/c1-4-26-18-11-15(8-9-17(18)27-12-19(23)24)20(25)22(3)13(2)14-6-5-7-16(21)10-14/h5-11,13H,4,12H2,1-3H3,(H,23,24). The van der Waals surface area contributed by atoms with E-state index in [1.165, 1.54) is 0 Å². The molecular formula is C20H22ClNO5. The van der Waals surface area contributed by atoms with Gasteiger partial charge in [0.15, 0.2) is 18.1 Å². The van der Waals surface area contributed by atoms with Crippen molar-refractivity contribution < 1.29 is 24.2 Å². The molecule has 0 bridgehead atoms. The Bertz CT molecular complexity index is 824. The van der Waals surface area contributed by atoms with Crippen molar-refractivity contribution in [3.63, 3.8) is 0 Å². The van der Waals surface area contributed by atoms with E-state index in [0.29, 0.717) is 22.9 Å². The van der Waals surface area contributed by atoms with Crippen LogP contribution in [0.1, 0.15) is 35.8 Å². The molecule has 2 aromatic rings. The summed E-state index contributed by atoms with van der Waals surface area (Å²) in [5.41, 5.74) is 1.34. The lowest BCUT2D eigenvalue weighted by Crippen LogP contribution is -2.29. The van der Waals surface area contributed by atoms with Gasteiger partial charge in [-0.05, 0) is 49.7 Å². The maximum absolute atomic E-state index is 12.9. The molecule has 2 aromatic carbocycles. The first-order chi connectivity index (χ1) is 12.8. The zero-order valence-electron chi connectivity index (χ0n) is 15.4. The van der Waals surface area contributed by atoms with Gasteiger partial charge in [0.1, 0.15) is 0 Å². The minimum absolute atomic E-state index is 0.185. The third kappa shape index (κ3) is 5.37. The van der Waals surface area contributed by atoms with Gasteiger partial charge in [0, 0.05) is 17.6 Å². The molecule has 1 unspecified atom stereocenters. The van der Waals surface area contributed by atoms with Gasteiger partial charge in [0.2, 0.25) is 0 Å². The van der Waals surface area contributed by atoms with Crippen LogP contribution in [-0.4, -0.2) is 42.1 Å².